The Morgan fingerprint density at radius 1 is 0.967 bits per heavy atom. The van der Waals surface area contributed by atoms with E-state index in [1.807, 2.05) is 50.2 Å². The Bertz CT molecular complexity index is 1140. The zero-order chi connectivity index (χ0) is 21.7. The predicted octanol–water partition coefficient (Wildman–Crippen LogP) is 4.55. The van der Waals surface area contributed by atoms with Gasteiger partial charge < -0.3 is 10.1 Å². The average molecular weight is 425 g/mol. The second-order valence-corrected chi connectivity index (χ2v) is 8.64. The molecule has 2 N–H and O–H groups in total. The number of nitrogens with one attached hydrogen (secondary N) is 2. The standard InChI is InChI=1S/C23H24N2O4S/c1-16-8-7-11-19(14-16)25-30(27,28)20-12-13-21(22(15-20)29-3)24-23(26)17(2)18-9-5-4-6-10-18/h4-15,17,25H,1-3H3,(H,24,26)/t17-/m0/s1. The fourth-order valence-electron chi connectivity index (χ4n) is 3.00. The van der Waals surface area contributed by atoms with Crippen molar-refractivity contribution < 1.29 is 17.9 Å². The molecule has 0 aliphatic rings. The maximum Gasteiger partial charge on any atom is 0.262 e. The van der Waals surface area contributed by atoms with Crippen LogP contribution < -0.4 is 14.8 Å². The largest absolute Gasteiger partial charge is 0.495 e. The predicted molar refractivity (Wildman–Crippen MR) is 118 cm³/mol. The summed E-state index contributed by atoms with van der Waals surface area (Å²) >= 11 is 0. The van der Waals surface area contributed by atoms with E-state index in [1.165, 1.54) is 25.3 Å². The molecule has 3 rings (SSSR count). The molecule has 6 nitrogen and oxygen atoms in total. The Morgan fingerprint density at radius 3 is 2.37 bits per heavy atom. The molecular weight excluding hydrogens is 400 g/mol. The number of carbonyl (C=O) groups is 1. The van der Waals surface area contributed by atoms with Crippen LogP contribution in [0.15, 0.2) is 77.7 Å². The number of methoxy groups -OCH3 is 1. The zero-order valence-electron chi connectivity index (χ0n) is 17.0. The molecule has 0 spiro atoms. The fraction of sp³-hybridized carbons (Fsp3) is 0.174. The molecule has 0 fully saturated rings. The van der Waals surface area contributed by atoms with Crippen molar-refractivity contribution in [3.05, 3.63) is 83.9 Å². The van der Waals surface area contributed by atoms with Crippen LogP contribution in [0.4, 0.5) is 11.4 Å². The van der Waals surface area contributed by atoms with Gasteiger partial charge in [-0.2, -0.15) is 0 Å². The van der Waals surface area contributed by atoms with Gasteiger partial charge in [0, 0.05) is 11.8 Å². The summed E-state index contributed by atoms with van der Waals surface area (Å²) in [5.74, 6) is -0.328. The Morgan fingerprint density at radius 2 is 1.70 bits per heavy atom. The third kappa shape index (κ3) is 4.99. The summed E-state index contributed by atoms with van der Waals surface area (Å²) < 4.78 is 33.4. The normalized spacial score (nSPS) is 12.1. The topological polar surface area (TPSA) is 84.5 Å². The molecule has 0 radical (unpaired) electrons. The number of hydrogen-bond acceptors (Lipinski definition) is 4. The van der Waals surface area contributed by atoms with Gasteiger partial charge >= 0.3 is 0 Å². The molecule has 3 aromatic carbocycles. The van der Waals surface area contributed by atoms with Crippen molar-refractivity contribution in [3.8, 4) is 5.75 Å². The number of aryl methyl sites for hydroxylation is 1. The van der Waals surface area contributed by atoms with Crippen LogP contribution in [0.1, 0.15) is 24.0 Å². The van der Waals surface area contributed by atoms with Crippen LogP contribution in [-0.4, -0.2) is 21.4 Å². The molecule has 30 heavy (non-hydrogen) atoms. The van der Waals surface area contributed by atoms with Crippen LogP contribution >= 0.6 is 0 Å². The van der Waals surface area contributed by atoms with E-state index >= 15 is 0 Å². The van der Waals surface area contributed by atoms with Crippen molar-refractivity contribution in [2.75, 3.05) is 17.1 Å². The number of sulfonamides is 1. The summed E-state index contributed by atoms with van der Waals surface area (Å²) in [5.41, 5.74) is 2.71. The van der Waals surface area contributed by atoms with Crippen molar-refractivity contribution in [2.45, 2.75) is 24.7 Å². The van der Waals surface area contributed by atoms with Crippen molar-refractivity contribution in [3.63, 3.8) is 0 Å². The molecule has 156 valence electrons. The SMILES string of the molecule is COc1cc(S(=O)(=O)Nc2cccc(C)c2)ccc1NC(=O)[C@@H](C)c1ccccc1. The van der Waals surface area contributed by atoms with Gasteiger partial charge in [-0.05, 0) is 49.2 Å². The van der Waals surface area contributed by atoms with Crippen LogP contribution in [0, 0.1) is 6.92 Å². The lowest BCUT2D eigenvalue weighted by Crippen LogP contribution is -2.19. The van der Waals surface area contributed by atoms with Gasteiger partial charge in [-0.25, -0.2) is 8.42 Å². The van der Waals surface area contributed by atoms with Gasteiger partial charge in [0.2, 0.25) is 5.91 Å². The second kappa shape index (κ2) is 9.00. The number of hydrogen-bond donors (Lipinski definition) is 2. The maximum atomic E-state index is 12.8. The van der Waals surface area contributed by atoms with E-state index in [0.717, 1.165) is 11.1 Å². The Balaban J connectivity index is 1.81. The summed E-state index contributed by atoms with van der Waals surface area (Å²) in [6.07, 6.45) is 0. The van der Waals surface area contributed by atoms with Crippen LogP contribution in [0.25, 0.3) is 0 Å². The van der Waals surface area contributed by atoms with Gasteiger partial charge in [0.1, 0.15) is 5.75 Å². The monoisotopic (exact) mass is 424 g/mol. The van der Waals surface area contributed by atoms with E-state index in [9.17, 15) is 13.2 Å². The molecule has 1 amide bonds. The summed E-state index contributed by atoms with van der Waals surface area (Å²) in [7, 11) is -2.38. The number of carbonyl (C=O) groups excluding carboxylic acids is 1. The zero-order valence-corrected chi connectivity index (χ0v) is 17.9. The van der Waals surface area contributed by atoms with E-state index in [4.69, 9.17) is 4.74 Å². The van der Waals surface area contributed by atoms with Crippen molar-refractivity contribution >= 4 is 27.3 Å². The van der Waals surface area contributed by atoms with Crippen molar-refractivity contribution in [1.82, 2.24) is 0 Å². The van der Waals surface area contributed by atoms with E-state index in [-0.39, 0.29) is 22.5 Å². The highest BCUT2D eigenvalue weighted by Gasteiger charge is 2.20. The molecule has 7 heteroatoms. The molecule has 0 heterocycles. The molecule has 0 unspecified atom stereocenters. The number of rotatable bonds is 7. The first-order chi connectivity index (χ1) is 14.3. The molecule has 0 aromatic heterocycles. The van der Waals surface area contributed by atoms with E-state index in [2.05, 4.69) is 10.0 Å². The van der Waals surface area contributed by atoms with Gasteiger partial charge in [0.05, 0.1) is 23.6 Å². The molecule has 3 aromatic rings. The number of amides is 1. The Hall–Kier alpha value is -3.32. The minimum Gasteiger partial charge on any atom is -0.495 e. The maximum absolute atomic E-state index is 12.8. The van der Waals surface area contributed by atoms with Crippen molar-refractivity contribution in [1.29, 1.82) is 0 Å². The third-order valence-electron chi connectivity index (χ3n) is 4.70. The highest BCUT2D eigenvalue weighted by atomic mass is 32.2. The van der Waals surface area contributed by atoms with Crippen LogP contribution in [0.3, 0.4) is 0 Å². The lowest BCUT2D eigenvalue weighted by atomic mass is 10.0. The third-order valence-corrected chi connectivity index (χ3v) is 6.08. The number of ether oxygens (including phenoxy) is 1. The summed E-state index contributed by atoms with van der Waals surface area (Å²) in [6, 6.07) is 20.8. The summed E-state index contributed by atoms with van der Waals surface area (Å²) in [5, 5.41) is 2.82. The van der Waals surface area contributed by atoms with Gasteiger partial charge in [0.25, 0.3) is 10.0 Å². The van der Waals surface area contributed by atoms with Gasteiger partial charge in [-0.1, -0.05) is 42.5 Å². The summed E-state index contributed by atoms with van der Waals surface area (Å²) in [6.45, 7) is 3.69. The second-order valence-electron chi connectivity index (χ2n) is 6.96. The number of anilines is 2. The lowest BCUT2D eigenvalue weighted by Gasteiger charge is -2.16. The van der Waals surface area contributed by atoms with Gasteiger partial charge in [-0.15, -0.1) is 0 Å². The van der Waals surface area contributed by atoms with E-state index in [1.54, 1.807) is 18.2 Å². The molecule has 0 saturated heterocycles. The molecule has 0 aliphatic carbocycles. The van der Waals surface area contributed by atoms with Crippen LogP contribution in [-0.2, 0) is 14.8 Å². The minimum absolute atomic E-state index is 0.0370. The van der Waals surface area contributed by atoms with E-state index in [0.29, 0.717) is 11.4 Å². The molecule has 0 aliphatic heterocycles. The highest BCUT2D eigenvalue weighted by Crippen LogP contribution is 2.30. The first-order valence-electron chi connectivity index (χ1n) is 9.43. The van der Waals surface area contributed by atoms with Crippen LogP contribution in [0.2, 0.25) is 0 Å². The Kier molecular flexibility index (Phi) is 6.42. The van der Waals surface area contributed by atoms with E-state index < -0.39 is 10.0 Å². The van der Waals surface area contributed by atoms with Crippen molar-refractivity contribution in [2.24, 2.45) is 0 Å². The lowest BCUT2D eigenvalue weighted by molar-refractivity contribution is -0.117. The summed E-state index contributed by atoms with van der Waals surface area (Å²) in [4.78, 5) is 12.7. The Labute approximate surface area is 177 Å². The number of benzene rings is 3. The molecule has 1 atom stereocenters. The highest BCUT2D eigenvalue weighted by molar-refractivity contribution is 7.92. The van der Waals surface area contributed by atoms with Gasteiger partial charge in [0.15, 0.2) is 0 Å². The average Bonchev–Trinajstić information content (AvgIpc) is 2.73. The smallest absolute Gasteiger partial charge is 0.262 e. The van der Waals surface area contributed by atoms with Gasteiger partial charge in [-0.3, -0.25) is 9.52 Å². The molecule has 0 bridgehead atoms. The quantitative estimate of drug-likeness (QED) is 0.583. The first-order valence-corrected chi connectivity index (χ1v) is 10.9. The molecular formula is C23H24N2O4S. The first kappa shape index (κ1) is 21.4. The van der Waals surface area contributed by atoms with Crippen LogP contribution in [0.5, 0.6) is 5.75 Å². The molecule has 0 saturated carbocycles. The fourth-order valence-corrected chi connectivity index (χ4v) is 4.06. The minimum atomic E-state index is -3.81.